The Kier molecular flexibility index (Phi) is 6.16. The molecule has 1 fully saturated rings. The first kappa shape index (κ1) is 19.1. The van der Waals surface area contributed by atoms with Crippen molar-refractivity contribution < 1.29 is 13.8 Å². The molecule has 2 atom stereocenters. The average Bonchev–Trinajstić information content (AvgIpc) is 3.22. The number of halogens is 1. The van der Waals surface area contributed by atoms with E-state index in [2.05, 4.69) is 5.32 Å². The van der Waals surface area contributed by atoms with E-state index in [0.29, 0.717) is 35.2 Å². The van der Waals surface area contributed by atoms with Gasteiger partial charge in [-0.05, 0) is 35.9 Å². The van der Waals surface area contributed by atoms with E-state index >= 15 is 0 Å². The average molecular weight is 411 g/mol. The molecular weight excluding hydrogens is 392 g/mol. The molecule has 0 aliphatic carbocycles. The Morgan fingerprint density at radius 1 is 1.35 bits per heavy atom. The van der Waals surface area contributed by atoms with Crippen LogP contribution in [0.2, 0.25) is 5.02 Å². The van der Waals surface area contributed by atoms with Crippen LogP contribution in [-0.2, 0) is 25.8 Å². The van der Waals surface area contributed by atoms with Gasteiger partial charge in [0.2, 0.25) is 11.1 Å². The Bertz CT molecular complexity index is 916. The molecule has 1 N–H and O–H groups in total. The fourth-order valence-electron chi connectivity index (χ4n) is 3.00. The molecule has 138 valence electrons. The van der Waals surface area contributed by atoms with Crippen LogP contribution < -0.4 is 5.32 Å². The molecule has 0 saturated carbocycles. The zero-order valence-electron chi connectivity index (χ0n) is 14.0. The van der Waals surface area contributed by atoms with Gasteiger partial charge in [-0.1, -0.05) is 35.9 Å². The van der Waals surface area contributed by atoms with Crippen molar-refractivity contribution in [2.45, 2.75) is 23.6 Å². The summed E-state index contributed by atoms with van der Waals surface area (Å²) in [6.45, 7) is 1.13. The second-order valence-electron chi connectivity index (χ2n) is 6.08. The van der Waals surface area contributed by atoms with Crippen LogP contribution in [-0.4, -0.2) is 32.7 Å². The molecular formula is C18H19ClN2O3S2. The van der Waals surface area contributed by atoms with Crippen LogP contribution in [0.1, 0.15) is 18.4 Å². The molecule has 1 aliphatic heterocycles. The summed E-state index contributed by atoms with van der Waals surface area (Å²) in [6, 6.07) is 10.8. The van der Waals surface area contributed by atoms with Gasteiger partial charge in [0, 0.05) is 24.7 Å². The highest BCUT2D eigenvalue weighted by Gasteiger charge is 2.32. The van der Waals surface area contributed by atoms with Gasteiger partial charge in [0.15, 0.2) is 0 Å². The molecule has 2 heterocycles. The molecule has 0 bridgehead atoms. The molecule has 5 nitrogen and oxygen atoms in total. The molecule has 1 amide bonds. The van der Waals surface area contributed by atoms with Gasteiger partial charge in [-0.2, -0.15) is 0 Å². The lowest BCUT2D eigenvalue weighted by Gasteiger charge is -2.32. The zero-order chi connectivity index (χ0) is 18.6. The maximum Gasteiger partial charge on any atom is 0.224 e. The third-order valence-electron chi connectivity index (χ3n) is 4.41. The third-order valence-corrected chi connectivity index (χ3v) is 8.37. The molecule has 0 radical (unpaired) electrons. The summed E-state index contributed by atoms with van der Waals surface area (Å²) >= 11 is 7.39. The summed E-state index contributed by atoms with van der Waals surface area (Å²) in [5.41, 5.74) is 0.846. The highest BCUT2D eigenvalue weighted by atomic mass is 35.5. The number of amides is 1. The summed E-state index contributed by atoms with van der Waals surface area (Å²) in [6.07, 6.45) is 1.40. The number of hydrogen-bond acceptors (Lipinski definition) is 4. The van der Waals surface area contributed by atoms with Crippen molar-refractivity contribution in [2.75, 3.05) is 13.1 Å². The number of nitrogens with zero attached hydrogens (tertiary/aromatic N) is 1. The molecule has 2 aromatic rings. The van der Waals surface area contributed by atoms with Gasteiger partial charge < -0.3 is 5.32 Å². The minimum atomic E-state index is -3.06. The SMILES string of the molecule is O=C=S(=O)(c1cccs1)N1CCCC(C(=O)NCc2ccccc2Cl)C1. The normalized spacial score (nSPS) is 20.1. The van der Waals surface area contributed by atoms with Gasteiger partial charge in [0.1, 0.15) is 13.9 Å². The van der Waals surface area contributed by atoms with Crippen LogP contribution in [0.3, 0.4) is 0 Å². The van der Waals surface area contributed by atoms with Gasteiger partial charge >= 0.3 is 0 Å². The van der Waals surface area contributed by atoms with Crippen LogP contribution in [0.25, 0.3) is 0 Å². The number of benzene rings is 1. The Morgan fingerprint density at radius 2 is 2.15 bits per heavy atom. The number of nitrogens with one attached hydrogen (secondary N) is 1. The summed E-state index contributed by atoms with van der Waals surface area (Å²) in [7, 11) is -3.06. The highest BCUT2D eigenvalue weighted by molar-refractivity contribution is 8.00. The maximum atomic E-state index is 13.1. The second-order valence-corrected chi connectivity index (χ2v) is 9.87. The largest absolute Gasteiger partial charge is 0.352 e. The number of rotatable bonds is 5. The molecule has 0 spiro atoms. The van der Waals surface area contributed by atoms with E-state index < -0.39 is 9.71 Å². The number of hydrogen-bond donors (Lipinski definition) is 1. The van der Waals surface area contributed by atoms with Crippen molar-refractivity contribution in [2.24, 2.45) is 5.92 Å². The molecule has 1 aromatic carbocycles. The number of carbonyl (C=O) groups is 1. The van der Waals surface area contributed by atoms with Crippen molar-refractivity contribution in [3.8, 4) is 0 Å². The molecule has 2 unspecified atom stereocenters. The standard InChI is InChI=1S/C18H19ClN2O3S2/c19-16-7-2-1-5-14(16)11-20-18(23)15-6-3-9-21(12-15)26(24,13-22)17-8-4-10-25-17/h1-2,4-5,7-8,10,15H,3,6,9,11-12H2,(H,20,23). The van der Waals surface area contributed by atoms with Crippen molar-refractivity contribution in [1.82, 2.24) is 9.62 Å². The number of carbonyl (C=O) groups excluding carboxylic acids is 2. The molecule has 3 rings (SSSR count). The molecule has 1 aliphatic rings. The lowest BCUT2D eigenvalue weighted by molar-refractivity contribution is -0.126. The van der Waals surface area contributed by atoms with E-state index in [0.717, 1.165) is 5.56 Å². The van der Waals surface area contributed by atoms with Crippen molar-refractivity contribution in [1.29, 1.82) is 0 Å². The summed E-state index contributed by atoms with van der Waals surface area (Å²) in [4.78, 5) is 24.1. The Balaban J connectivity index is 1.68. The first-order valence-corrected chi connectivity index (χ1v) is 11.0. The van der Waals surface area contributed by atoms with Crippen LogP contribution >= 0.6 is 22.9 Å². The topological polar surface area (TPSA) is 66.5 Å². The second kappa shape index (κ2) is 8.37. The summed E-state index contributed by atoms with van der Waals surface area (Å²) < 4.78 is 15.2. The van der Waals surface area contributed by atoms with Crippen molar-refractivity contribution >= 4 is 43.8 Å². The quantitative estimate of drug-likeness (QED) is 0.770. The van der Waals surface area contributed by atoms with Crippen LogP contribution in [0.4, 0.5) is 0 Å². The first-order valence-electron chi connectivity index (χ1n) is 8.27. The fourth-order valence-corrected chi connectivity index (χ4v) is 6.24. The van der Waals surface area contributed by atoms with E-state index in [1.165, 1.54) is 11.3 Å². The number of piperidine rings is 1. The van der Waals surface area contributed by atoms with E-state index in [9.17, 15) is 13.8 Å². The smallest absolute Gasteiger partial charge is 0.224 e. The van der Waals surface area contributed by atoms with E-state index in [1.54, 1.807) is 33.1 Å². The summed E-state index contributed by atoms with van der Waals surface area (Å²) in [5.74, 6) is -0.436. The maximum absolute atomic E-state index is 13.1. The van der Waals surface area contributed by atoms with Gasteiger partial charge in [-0.3, -0.25) is 4.79 Å². The predicted molar refractivity (Wildman–Crippen MR) is 104 cm³/mol. The van der Waals surface area contributed by atoms with E-state index in [4.69, 9.17) is 11.6 Å². The number of thiophene rings is 1. The lowest BCUT2D eigenvalue weighted by Crippen LogP contribution is -2.45. The molecule has 1 saturated heterocycles. The first-order chi connectivity index (χ1) is 12.5. The van der Waals surface area contributed by atoms with Gasteiger partial charge in [0.25, 0.3) is 0 Å². The summed E-state index contributed by atoms with van der Waals surface area (Å²) in [5, 5.41) is 7.02. The Hall–Kier alpha value is -1.63. The van der Waals surface area contributed by atoms with Gasteiger partial charge in [-0.15, -0.1) is 11.3 Å². The fraction of sp³-hybridized carbons (Fsp3) is 0.333. The van der Waals surface area contributed by atoms with Crippen LogP contribution in [0.15, 0.2) is 46.0 Å². The van der Waals surface area contributed by atoms with Crippen molar-refractivity contribution in [3.05, 3.63) is 52.4 Å². The molecule has 8 heteroatoms. The van der Waals surface area contributed by atoms with Gasteiger partial charge in [-0.25, -0.2) is 13.3 Å². The van der Waals surface area contributed by atoms with Crippen LogP contribution in [0.5, 0.6) is 0 Å². The monoisotopic (exact) mass is 410 g/mol. The van der Waals surface area contributed by atoms with E-state index in [1.807, 2.05) is 18.2 Å². The highest BCUT2D eigenvalue weighted by Crippen LogP contribution is 2.27. The molecule has 26 heavy (non-hydrogen) atoms. The minimum Gasteiger partial charge on any atom is -0.352 e. The van der Waals surface area contributed by atoms with Crippen molar-refractivity contribution in [3.63, 3.8) is 0 Å². The molecule has 1 aromatic heterocycles. The minimum absolute atomic E-state index is 0.117. The Labute approximate surface area is 162 Å². The predicted octanol–water partition coefficient (Wildman–Crippen LogP) is 3.06. The van der Waals surface area contributed by atoms with Gasteiger partial charge in [0.05, 0.1) is 5.92 Å². The zero-order valence-corrected chi connectivity index (χ0v) is 16.4. The van der Waals surface area contributed by atoms with E-state index in [-0.39, 0.29) is 18.4 Å². The lowest BCUT2D eigenvalue weighted by atomic mass is 9.99. The Morgan fingerprint density at radius 3 is 2.85 bits per heavy atom. The van der Waals surface area contributed by atoms with Crippen LogP contribution in [0, 0.1) is 5.92 Å². The third kappa shape index (κ3) is 4.03.